The molecular formula is C17H23N7O2. The van der Waals surface area contributed by atoms with E-state index in [4.69, 9.17) is 4.74 Å². The van der Waals surface area contributed by atoms with Crippen molar-refractivity contribution in [1.82, 2.24) is 29.9 Å². The van der Waals surface area contributed by atoms with Crippen LogP contribution in [0.25, 0.3) is 11.0 Å². The molecule has 3 N–H and O–H groups in total. The van der Waals surface area contributed by atoms with Crippen molar-refractivity contribution in [2.75, 3.05) is 11.9 Å². The predicted octanol–water partition coefficient (Wildman–Crippen LogP) is 2.16. The number of aliphatic hydroxyl groups is 1. The van der Waals surface area contributed by atoms with Crippen molar-refractivity contribution < 1.29 is 9.84 Å². The van der Waals surface area contributed by atoms with E-state index >= 15 is 0 Å². The van der Waals surface area contributed by atoms with E-state index in [1.54, 1.807) is 30.9 Å². The maximum Gasteiger partial charge on any atom is 0.232 e. The predicted molar refractivity (Wildman–Crippen MR) is 96.4 cm³/mol. The van der Waals surface area contributed by atoms with Crippen molar-refractivity contribution in [3.05, 3.63) is 18.1 Å². The smallest absolute Gasteiger partial charge is 0.232 e. The SMILES string of the molecule is Cc1c(Nc2nc(OCC3CC3)c3cn[nH]c3n2)cnn1CC(C)(C)O. The summed E-state index contributed by atoms with van der Waals surface area (Å²) < 4.78 is 7.63. The van der Waals surface area contributed by atoms with Crippen LogP contribution < -0.4 is 10.1 Å². The van der Waals surface area contributed by atoms with E-state index in [-0.39, 0.29) is 0 Å². The third-order valence-electron chi connectivity index (χ3n) is 4.31. The van der Waals surface area contributed by atoms with Crippen LogP contribution in [0.1, 0.15) is 32.4 Å². The van der Waals surface area contributed by atoms with Crippen molar-refractivity contribution in [3.63, 3.8) is 0 Å². The van der Waals surface area contributed by atoms with Crippen LogP contribution in [0.3, 0.4) is 0 Å². The van der Waals surface area contributed by atoms with E-state index in [9.17, 15) is 5.11 Å². The normalized spacial score (nSPS) is 14.8. The summed E-state index contributed by atoms with van der Waals surface area (Å²) in [6.07, 6.45) is 5.80. The van der Waals surface area contributed by atoms with Gasteiger partial charge in [-0.3, -0.25) is 9.78 Å². The van der Waals surface area contributed by atoms with Crippen LogP contribution in [0.15, 0.2) is 12.4 Å². The molecule has 26 heavy (non-hydrogen) atoms. The summed E-state index contributed by atoms with van der Waals surface area (Å²) in [4.78, 5) is 8.95. The standard InChI is InChI=1S/C17H23N7O2/c1-10-13(7-19-24(10)9-17(2,3)25)20-16-21-14-12(6-18-23-14)15(22-16)26-8-11-4-5-11/h6-7,11,25H,4-5,8-9H2,1-3H3,(H2,18,20,21,22,23). The average molecular weight is 357 g/mol. The lowest BCUT2D eigenvalue weighted by Gasteiger charge is -2.18. The number of hydrogen-bond donors (Lipinski definition) is 3. The van der Waals surface area contributed by atoms with Gasteiger partial charge < -0.3 is 15.2 Å². The Morgan fingerprint density at radius 1 is 1.35 bits per heavy atom. The second-order valence-corrected chi connectivity index (χ2v) is 7.48. The minimum absolute atomic E-state index is 0.400. The third kappa shape index (κ3) is 3.62. The molecule has 3 heterocycles. The van der Waals surface area contributed by atoms with Crippen LogP contribution in [0.2, 0.25) is 0 Å². The van der Waals surface area contributed by atoms with Gasteiger partial charge in [0, 0.05) is 0 Å². The summed E-state index contributed by atoms with van der Waals surface area (Å²) in [5.41, 5.74) is 1.44. The first-order valence-corrected chi connectivity index (χ1v) is 8.75. The number of aromatic amines is 1. The van der Waals surface area contributed by atoms with Gasteiger partial charge >= 0.3 is 0 Å². The van der Waals surface area contributed by atoms with Gasteiger partial charge in [0.15, 0.2) is 5.65 Å². The van der Waals surface area contributed by atoms with E-state index in [1.807, 2.05) is 6.92 Å². The largest absolute Gasteiger partial charge is 0.477 e. The van der Waals surface area contributed by atoms with Crippen LogP contribution >= 0.6 is 0 Å². The Morgan fingerprint density at radius 3 is 2.88 bits per heavy atom. The lowest BCUT2D eigenvalue weighted by Crippen LogP contribution is -2.27. The first-order chi connectivity index (χ1) is 12.4. The van der Waals surface area contributed by atoms with Crippen molar-refractivity contribution in [3.8, 4) is 5.88 Å². The summed E-state index contributed by atoms with van der Waals surface area (Å²) in [5, 5.41) is 25.2. The van der Waals surface area contributed by atoms with Gasteiger partial charge in [0.25, 0.3) is 0 Å². The van der Waals surface area contributed by atoms with Gasteiger partial charge in [-0.15, -0.1) is 0 Å². The fraction of sp³-hybridized carbons (Fsp3) is 0.529. The van der Waals surface area contributed by atoms with Gasteiger partial charge in [0.2, 0.25) is 11.8 Å². The highest BCUT2D eigenvalue weighted by Crippen LogP contribution is 2.31. The van der Waals surface area contributed by atoms with E-state index in [2.05, 4.69) is 30.6 Å². The molecule has 0 radical (unpaired) electrons. The molecule has 0 amide bonds. The first-order valence-electron chi connectivity index (χ1n) is 8.75. The molecular weight excluding hydrogens is 334 g/mol. The number of aromatic nitrogens is 6. The number of fused-ring (bicyclic) bond motifs is 1. The number of rotatable bonds is 7. The molecule has 3 aromatic heterocycles. The fourth-order valence-electron chi connectivity index (χ4n) is 2.67. The second-order valence-electron chi connectivity index (χ2n) is 7.48. The molecule has 0 aromatic carbocycles. The molecule has 3 aromatic rings. The van der Waals surface area contributed by atoms with Crippen molar-refractivity contribution in [2.45, 2.75) is 45.8 Å². The lowest BCUT2D eigenvalue weighted by atomic mass is 10.1. The van der Waals surface area contributed by atoms with E-state index in [0.29, 0.717) is 36.5 Å². The van der Waals surface area contributed by atoms with Crippen LogP contribution in [0.4, 0.5) is 11.6 Å². The topological polar surface area (TPSA) is 114 Å². The van der Waals surface area contributed by atoms with Gasteiger partial charge in [-0.1, -0.05) is 0 Å². The van der Waals surface area contributed by atoms with Crippen LogP contribution in [0, 0.1) is 12.8 Å². The van der Waals surface area contributed by atoms with E-state index in [1.165, 1.54) is 12.8 Å². The van der Waals surface area contributed by atoms with E-state index in [0.717, 1.165) is 16.8 Å². The number of nitrogens with one attached hydrogen (secondary N) is 2. The number of anilines is 2. The molecule has 1 aliphatic rings. The number of H-pyrrole nitrogens is 1. The van der Waals surface area contributed by atoms with Gasteiger partial charge in [-0.2, -0.15) is 20.2 Å². The summed E-state index contributed by atoms with van der Waals surface area (Å²) in [7, 11) is 0. The van der Waals surface area contributed by atoms with Crippen molar-refractivity contribution >= 4 is 22.7 Å². The Kier molecular flexibility index (Phi) is 4.03. The van der Waals surface area contributed by atoms with Gasteiger partial charge in [-0.25, -0.2) is 0 Å². The highest BCUT2D eigenvalue weighted by Gasteiger charge is 2.23. The van der Waals surface area contributed by atoms with Crippen molar-refractivity contribution in [1.29, 1.82) is 0 Å². The lowest BCUT2D eigenvalue weighted by molar-refractivity contribution is 0.0571. The quantitative estimate of drug-likeness (QED) is 0.594. The molecule has 0 unspecified atom stereocenters. The maximum atomic E-state index is 10.0. The molecule has 0 spiro atoms. The third-order valence-corrected chi connectivity index (χ3v) is 4.31. The molecule has 4 rings (SSSR count). The molecule has 1 aliphatic carbocycles. The minimum Gasteiger partial charge on any atom is -0.477 e. The van der Waals surface area contributed by atoms with Gasteiger partial charge in [0.05, 0.1) is 42.5 Å². The molecule has 0 atom stereocenters. The Labute approximate surface area is 150 Å². The zero-order valence-corrected chi connectivity index (χ0v) is 15.2. The average Bonchev–Trinajstić information content (AvgIpc) is 3.19. The monoisotopic (exact) mass is 357 g/mol. The zero-order valence-electron chi connectivity index (χ0n) is 15.2. The fourth-order valence-corrected chi connectivity index (χ4v) is 2.67. The van der Waals surface area contributed by atoms with Crippen LogP contribution in [0.5, 0.6) is 5.88 Å². The molecule has 1 saturated carbocycles. The molecule has 1 fully saturated rings. The highest BCUT2D eigenvalue weighted by atomic mass is 16.5. The van der Waals surface area contributed by atoms with Gasteiger partial charge in [-0.05, 0) is 39.5 Å². The summed E-state index contributed by atoms with van der Waals surface area (Å²) in [6.45, 7) is 6.50. The Balaban J connectivity index is 1.58. The zero-order chi connectivity index (χ0) is 18.3. The highest BCUT2D eigenvalue weighted by molar-refractivity contribution is 5.81. The Bertz CT molecular complexity index is 921. The number of nitrogens with zero attached hydrogens (tertiary/aromatic N) is 5. The van der Waals surface area contributed by atoms with Crippen molar-refractivity contribution in [2.24, 2.45) is 5.92 Å². The molecule has 0 saturated heterocycles. The van der Waals surface area contributed by atoms with E-state index < -0.39 is 5.60 Å². The molecule has 138 valence electrons. The summed E-state index contributed by atoms with van der Waals surface area (Å²) in [6, 6.07) is 0. The Morgan fingerprint density at radius 2 is 2.15 bits per heavy atom. The minimum atomic E-state index is -0.844. The van der Waals surface area contributed by atoms with Crippen LogP contribution in [-0.4, -0.2) is 47.3 Å². The molecule has 9 heteroatoms. The van der Waals surface area contributed by atoms with Gasteiger partial charge in [0.1, 0.15) is 5.39 Å². The number of ether oxygens (including phenoxy) is 1. The number of hydrogen-bond acceptors (Lipinski definition) is 7. The summed E-state index contributed by atoms with van der Waals surface area (Å²) in [5.74, 6) is 1.57. The molecule has 0 aliphatic heterocycles. The second kappa shape index (κ2) is 6.24. The Hall–Kier alpha value is -2.68. The molecule has 9 nitrogen and oxygen atoms in total. The first kappa shape index (κ1) is 16.8. The van der Waals surface area contributed by atoms with Crippen LogP contribution in [-0.2, 0) is 6.54 Å². The maximum absolute atomic E-state index is 10.0. The summed E-state index contributed by atoms with van der Waals surface area (Å²) >= 11 is 0. The molecule has 0 bridgehead atoms.